The van der Waals surface area contributed by atoms with E-state index in [1.165, 1.54) is 13.2 Å². The predicted molar refractivity (Wildman–Crippen MR) is 53.2 cm³/mol. The minimum atomic E-state index is -0.282. The van der Waals surface area contributed by atoms with Gasteiger partial charge in [0.15, 0.2) is 0 Å². The topological polar surface area (TPSA) is 29.5 Å². The van der Waals surface area contributed by atoms with Crippen LogP contribution < -0.4 is 4.74 Å². The second kappa shape index (κ2) is 4.42. The van der Waals surface area contributed by atoms with Gasteiger partial charge in [-0.15, -0.1) is 0 Å². The first-order valence-corrected chi connectivity index (χ1v) is 4.55. The number of benzene rings is 1. The van der Waals surface area contributed by atoms with Crippen LogP contribution in [0.1, 0.15) is 24.0 Å². The highest BCUT2D eigenvalue weighted by Gasteiger charge is 2.14. The van der Waals surface area contributed by atoms with Crippen LogP contribution in [0.15, 0.2) is 12.1 Å². The van der Waals surface area contributed by atoms with Gasteiger partial charge >= 0.3 is 0 Å². The molecule has 1 aromatic carbocycles. The van der Waals surface area contributed by atoms with E-state index in [9.17, 15) is 4.39 Å². The van der Waals surface area contributed by atoms with Crippen molar-refractivity contribution in [1.29, 1.82) is 0 Å². The van der Waals surface area contributed by atoms with Crippen LogP contribution in [0.4, 0.5) is 4.39 Å². The summed E-state index contributed by atoms with van der Waals surface area (Å²) in [4.78, 5) is 0. The molecule has 0 saturated carbocycles. The molecule has 0 bridgehead atoms. The van der Waals surface area contributed by atoms with Crippen LogP contribution in [0.5, 0.6) is 5.75 Å². The van der Waals surface area contributed by atoms with Crippen molar-refractivity contribution >= 4 is 0 Å². The predicted octanol–water partition coefficient (Wildman–Crippen LogP) is 2.24. The lowest BCUT2D eigenvalue weighted by Gasteiger charge is -2.15. The zero-order valence-electron chi connectivity index (χ0n) is 8.67. The molecule has 0 fully saturated rings. The number of aliphatic hydroxyl groups excluding tert-OH is 1. The summed E-state index contributed by atoms with van der Waals surface area (Å²) in [6.07, 6.45) is 0. The first-order valence-electron chi connectivity index (χ1n) is 4.55. The molecular formula is C11H15FO2. The molecule has 0 aliphatic carbocycles. The minimum Gasteiger partial charge on any atom is -0.496 e. The molecule has 0 aliphatic rings. The van der Waals surface area contributed by atoms with E-state index in [0.717, 1.165) is 5.56 Å². The second-order valence-electron chi connectivity index (χ2n) is 3.38. The Morgan fingerprint density at radius 3 is 2.64 bits per heavy atom. The third-order valence-electron chi connectivity index (χ3n) is 2.38. The Morgan fingerprint density at radius 1 is 1.50 bits per heavy atom. The number of halogens is 1. The molecule has 1 atom stereocenters. The Morgan fingerprint density at radius 2 is 2.14 bits per heavy atom. The summed E-state index contributed by atoms with van der Waals surface area (Å²) in [5, 5.41) is 9.02. The molecule has 1 N–H and O–H groups in total. The Labute approximate surface area is 83.3 Å². The van der Waals surface area contributed by atoms with E-state index in [1.807, 2.05) is 6.92 Å². The van der Waals surface area contributed by atoms with Crippen LogP contribution in [-0.2, 0) is 0 Å². The summed E-state index contributed by atoms with van der Waals surface area (Å²) in [5.74, 6) is 0.214. The highest BCUT2D eigenvalue weighted by Crippen LogP contribution is 2.30. The normalized spacial score (nSPS) is 12.6. The largest absolute Gasteiger partial charge is 0.496 e. The maximum atomic E-state index is 13.2. The van der Waals surface area contributed by atoms with E-state index >= 15 is 0 Å². The summed E-state index contributed by atoms with van der Waals surface area (Å²) in [5.41, 5.74) is 1.33. The number of hydrogen-bond acceptors (Lipinski definition) is 2. The molecule has 0 spiro atoms. The standard InChI is InChI=1S/C11H15FO2/c1-7(6-13)9-4-5-10(12)8(2)11(9)14-3/h4-5,7,13H,6H2,1-3H3. The smallest absolute Gasteiger partial charge is 0.129 e. The van der Waals surface area contributed by atoms with Gasteiger partial charge in [-0.25, -0.2) is 4.39 Å². The molecule has 1 aromatic rings. The molecule has 78 valence electrons. The van der Waals surface area contributed by atoms with Crippen molar-refractivity contribution in [3.63, 3.8) is 0 Å². The second-order valence-corrected chi connectivity index (χ2v) is 3.38. The fourth-order valence-corrected chi connectivity index (χ4v) is 1.45. The molecule has 0 radical (unpaired) electrons. The van der Waals surface area contributed by atoms with Crippen molar-refractivity contribution in [2.75, 3.05) is 13.7 Å². The fourth-order valence-electron chi connectivity index (χ4n) is 1.45. The molecule has 1 rings (SSSR count). The van der Waals surface area contributed by atoms with E-state index < -0.39 is 0 Å². The summed E-state index contributed by atoms with van der Waals surface area (Å²) in [6, 6.07) is 3.06. The summed E-state index contributed by atoms with van der Waals surface area (Å²) < 4.78 is 18.3. The zero-order chi connectivity index (χ0) is 10.7. The van der Waals surface area contributed by atoms with Crippen LogP contribution in [0.3, 0.4) is 0 Å². The molecular weight excluding hydrogens is 183 g/mol. The Balaban J connectivity index is 3.23. The van der Waals surface area contributed by atoms with Gasteiger partial charge in [0.25, 0.3) is 0 Å². The zero-order valence-corrected chi connectivity index (χ0v) is 8.67. The Hall–Kier alpha value is -1.09. The average Bonchev–Trinajstić information content (AvgIpc) is 2.20. The maximum Gasteiger partial charge on any atom is 0.129 e. The maximum absolute atomic E-state index is 13.2. The Kier molecular flexibility index (Phi) is 3.47. The van der Waals surface area contributed by atoms with Crippen LogP contribution in [0.2, 0.25) is 0 Å². The lowest BCUT2D eigenvalue weighted by atomic mass is 9.98. The minimum absolute atomic E-state index is 0.0292. The van der Waals surface area contributed by atoms with Gasteiger partial charge in [0.2, 0.25) is 0 Å². The molecule has 0 amide bonds. The lowest BCUT2D eigenvalue weighted by molar-refractivity contribution is 0.269. The number of rotatable bonds is 3. The highest BCUT2D eigenvalue weighted by atomic mass is 19.1. The molecule has 0 aromatic heterocycles. The van der Waals surface area contributed by atoms with Crippen molar-refractivity contribution < 1.29 is 14.2 Å². The summed E-state index contributed by atoms with van der Waals surface area (Å²) in [6.45, 7) is 3.57. The third-order valence-corrected chi connectivity index (χ3v) is 2.38. The highest BCUT2D eigenvalue weighted by molar-refractivity contribution is 5.43. The van der Waals surface area contributed by atoms with Gasteiger partial charge in [-0.05, 0) is 18.6 Å². The number of ether oxygens (including phenoxy) is 1. The van der Waals surface area contributed by atoms with E-state index in [1.54, 1.807) is 13.0 Å². The van der Waals surface area contributed by atoms with Gasteiger partial charge in [-0.2, -0.15) is 0 Å². The molecule has 2 nitrogen and oxygen atoms in total. The molecule has 14 heavy (non-hydrogen) atoms. The van der Waals surface area contributed by atoms with E-state index in [0.29, 0.717) is 11.3 Å². The first-order chi connectivity index (χ1) is 6.61. The van der Waals surface area contributed by atoms with E-state index in [-0.39, 0.29) is 18.3 Å². The summed E-state index contributed by atoms with van der Waals surface area (Å²) in [7, 11) is 1.51. The van der Waals surface area contributed by atoms with E-state index in [4.69, 9.17) is 9.84 Å². The van der Waals surface area contributed by atoms with Gasteiger partial charge in [0.05, 0.1) is 7.11 Å². The lowest BCUT2D eigenvalue weighted by Crippen LogP contribution is -2.04. The van der Waals surface area contributed by atoms with Crippen molar-refractivity contribution in [1.82, 2.24) is 0 Å². The van der Waals surface area contributed by atoms with Gasteiger partial charge in [0, 0.05) is 18.1 Å². The molecule has 0 aliphatic heterocycles. The third kappa shape index (κ3) is 1.87. The summed E-state index contributed by atoms with van der Waals surface area (Å²) >= 11 is 0. The van der Waals surface area contributed by atoms with Gasteiger partial charge < -0.3 is 9.84 Å². The molecule has 1 unspecified atom stereocenters. The van der Waals surface area contributed by atoms with Crippen molar-refractivity contribution in [3.05, 3.63) is 29.1 Å². The molecule has 0 heterocycles. The number of hydrogen-bond donors (Lipinski definition) is 1. The molecule has 0 saturated heterocycles. The van der Waals surface area contributed by atoms with Crippen molar-refractivity contribution in [3.8, 4) is 5.75 Å². The van der Waals surface area contributed by atoms with Crippen LogP contribution in [0.25, 0.3) is 0 Å². The number of methoxy groups -OCH3 is 1. The first kappa shape index (κ1) is 11.0. The number of aliphatic hydroxyl groups is 1. The average molecular weight is 198 g/mol. The van der Waals surface area contributed by atoms with Crippen LogP contribution >= 0.6 is 0 Å². The van der Waals surface area contributed by atoms with Crippen LogP contribution in [0, 0.1) is 12.7 Å². The Bertz CT molecular complexity index is 323. The fraction of sp³-hybridized carbons (Fsp3) is 0.455. The van der Waals surface area contributed by atoms with Gasteiger partial charge in [-0.3, -0.25) is 0 Å². The molecule has 3 heteroatoms. The van der Waals surface area contributed by atoms with Gasteiger partial charge in [0.1, 0.15) is 11.6 Å². The van der Waals surface area contributed by atoms with E-state index in [2.05, 4.69) is 0 Å². The van der Waals surface area contributed by atoms with Crippen LogP contribution in [-0.4, -0.2) is 18.8 Å². The SMILES string of the molecule is COc1c(C(C)CO)ccc(F)c1C. The quantitative estimate of drug-likeness (QED) is 0.807. The monoisotopic (exact) mass is 198 g/mol. The van der Waals surface area contributed by atoms with Crippen molar-refractivity contribution in [2.45, 2.75) is 19.8 Å². The van der Waals surface area contributed by atoms with Crippen molar-refractivity contribution in [2.24, 2.45) is 0 Å². The van der Waals surface area contributed by atoms with Gasteiger partial charge in [-0.1, -0.05) is 13.0 Å².